The van der Waals surface area contributed by atoms with E-state index in [0.29, 0.717) is 5.92 Å². The van der Waals surface area contributed by atoms with Crippen molar-refractivity contribution >= 4 is 27.2 Å². The first kappa shape index (κ1) is 13.7. The van der Waals surface area contributed by atoms with Gasteiger partial charge in [-0.05, 0) is 54.7 Å². The van der Waals surface area contributed by atoms with E-state index < -0.39 is 0 Å². The van der Waals surface area contributed by atoms with Gasteiger partial charge in [-0.25, -0.2) is 4.39 Å². The Balaban J connectivity index is 1.85. The van der Waals surface area contributed by atoms with E-state index in [9.17, 15) is 9.18 Å². The van der Waals surface area contributed by atoms with Crippen molar-refractivity contribution in [2.75, 3.05) is 0 Å². The van der Waals surface area contributed by atoms with Gasteiger partial charge in [-0.3, -0.25) is 4.79 Å². The molecule has 1 heterocycles. The highest BCUT2D eigenvalue weighted by molar-refractivity contribution is 7.20. The van der Waals surface area contributed by atoms with Crippen LogP contribution in [-0.4, -0.2) is 5.78 Å². The second-order valence-corrected chi connectivity index (χ2v) is 7.21. The molecule has 1 aliphatic carbocycles. The number of ketones is 1. The molecule has 0 radical (unpaired) electrons. The number of hydrogen-bond acceptors (Lipinski definition) is 2. The Morgan fingerprint density at radius 3 is 2.75 bits per heavy atom. The van der Waals surface area contributed by atoms with Gasteiger partial charge >= 0.3 is 0 Å². The molecule has 3 unspecified atom stereocenters. The third-order valence-electron chi connectivity index (χ3n) is 4.69. The summed E-state index contributed by atoms with van der Waals surface area (Å²) in [4.78, 5) is 13.4. The van der Waals surface area contributed by atoms with Crippen molar-refractivity contribution in [3.63, 3.8) is 0 Å². The summed E-state index contributed by atoms with van der Waals surface area (Å²) in [5, 5.41) is 0.969. The van der Waals surface area contributed by atoms with E-state index >= 15 is 0 Å². The molecule has 20 heavy (non-hydrogen) atoms. The first-order valence-electron chi connectivity index (χ1n) is 7.28. The van der Waals surface area contributed by atoms with E-state index in [-0.39, 0.29) is 17.5 Å². The van der Waals surface area contributed by atoms with Crippen LogP contribution >= 0.6 is 11.3 Å². The van der Waals surface area contributed by atoms with Crippen LogP contribution in [0.1, 0.15) is 42.8 Å². The minimum atomic E-state index is -0.238. The fraction of sp³-hybridized carbons (Fsp3) is 0.471. The van der Waals surface area contributed by atoms with Crippen LogP contribution in [0.25, 0.3) is 10.1 Å². The van der Waals surface area contributed by atoms with Crippen molar-refractivity contribution in [3.05, 3.63) is 35.0 Å². The largest absolute Gasteiger partial charge is 0.293 e. The number of hydrogen-bond donors (Lipinski definition) is 0. The minimum absolute atomic E-state index is 0.152. The highest BCUT2D eigenvalue weighted by atomic mass is 32.1. The van der Waals surface area contributed by atoms with E-state index in [1.54, 1.807) is 6.07 Å². The molecule has 1 aliphatic rings. The van der Waals surface area contributed by atoms with Crippen LogP contribution in [0.15, 0.2) is 24.3 Å². The minimum Gasteiger partial charge on any atom is -0.293 e. The number of thiophene rings is 1. The van der Waals surface area contributed by atoms with E-state index in [0.717, 1.165) is 40.1 Å². The third-order valence-corrected chi connectivity index (χ3v) is 5.81. The molecule has 1 nitrogen and oxygen atoms in total. The Hall–Kier alpha value is -1.22. The fourth-order valence-corrected chi connectivity index (χ4v) is 4.22. The van der Waals surface area contributed by atoms with Gasteiger partial charge in [0.05, 0.1) is 4.88 Å². The van der Waals surface area contributed by atoms with E-state index in [2.05, 4.69) is 13.8 Å². The van der Waals surface area contributed by atoms with Gasteiger partial charge in [0.2, 0.25) is 0 Å². The summed E-state index contributed by atoms with van der Waals surface area (Å²) in [5.74, 6) is 1.50. The average Bonchev–Trinajstić information content (AvgIpc) is 2.84. The molecular weight excluding hydrogens is 271 g/mol. The molecule has 1 fully saturated rings. The molecule has 0 spiro atoms. The SMILES string of the molecule is CC1CCC(C(=O)c2cc3ccc(F)cc3s2)CC1C. The number of carbonyl (C=O) groups excluding carboxylic acids is 1. The zero-order chi connectivity index (χ0) is 14.3. The van der Waals surface area contributed by atoms with Gasteiger partial charge in [-0.1, -0.05) is 19.9 Å². The predicted molar refractivity (Wildman–Crippen MR) is 81.8 cm³/mol. The van der Waals surface area contributed by atoms with E-state index in [1.165, 1.54) is 23.5 Å². The van der Waals surface area contributed by atoms with Crippen LogP contribution in [0.3, 0.4) is 0 Å². The second-order valence-electron chi connectivity index (χ2n) is 6.12. The lowest BCUT2D eigenvalue weighted by atomic mass is 9.74. The lowest BCUT2D eigenvalue weighted by Gasteiger charge is -2.30. The Labute approximate surface area is 122 Å². The third kappa shape index (κ3) is 2.51. The molecule has 3 rings (SSSR count). The number of benzene rings is 1. The number of rotatable bonds is 2. The predicted octanol–water partition coefficient (Wildman–Crippen LogP) is 5.30. The maximum atomic E-state index is 13.2. The Morgan fingerprint density at radius 1 is 1.20 bits per heavy atom. The molecule has 3 atom stereocenters. The highest BCUT2D eigenvalue weighted by Crippen LogP contribution is 2.37. The lowest BCUT2D eigenvalue weighted by molar-refractivity contribution is 0.0842. The Bertz CT molecular complexity index is 645. The molecule has 3 heteroatoms. The molecule has 1 saturated carbocycles. The van der Waals surface area contributed by atoms with Crippen molar-refractivity contribution in [2.45, 2.75) is 33.1 Å². The first-order chi connectivity index (χ1) is 9.54. The highest BCUT2D eigenvalue weighted by Gasteiger charge is 2.30. The zero-order valence-electron chi connectivity index (χ0n) is 11.9. The molecule has 1 aromatic heterocycles. The smallest absolute Gasteiger partial charge is 0.175 e. The van der Waals surface area contributed by atoms with Gasteiger partial charge in [0, 0.05) is 10.6 Å². The number of Topliss-reactive ketones (excluding diaryl/α,β-unsaturated/α-hetero) is 1. The van der Waals surface area contributed by atoms with Crippen molar-refractivity contribution < 1.29 is 9.18 Å². The quantitative estimate of drug-likeness (QED) is 0.686. The molecule has 106 valence electrons. The number of carbonyl (C=O) groups is 1. The topological polar surface area (TPSA) is 17.1 Å². The van der Waals surface area contributed by atoms with Crippen molar-refractivity contribution in [2.24, 2.45) is 17.8 Å². The summed E-state index contributed by atoms with van der Waals surface area (Å²) in [6.07, 6.45) is 3.12. The average molecular weight is 290 g/mol. The van der Waals surface area contributed by atoms with Crippen molar-refractivity contribution in [1.82, 2.24) is 0 Å². The Kier molecular flexibility index (Phi) is 3.63. The standard InChI is InChI=1S/C17H19FOS/c1-10-3-4-13(7-11(10)2)17(19)16-8-12-5-6-14(18)9-15(12)20-16/h5-6,8-11,13H,3-4,7H2,1-2H3. The van der Waals surface area contributed by atoms with Crippen LogP contribution in [0.5, 0.6) is 0 Å². The van der Waals surface area contributed by atoms with Gasteiger partial charge in [-0.15, -0.1) is 11.3 Å². The monoisotopic (exact) mass is 290 g/mol. The molecule has 0 aliphatic heterocycles. The maximum absolute atomic E-state index is 13.2. The van der Waals surface area contributed by atoms with Crippen LogP contribution in [-0.2, 0) is 0 Å². The zero-order valence-corrected chi connectivity index (χ0v) is 12.7. The fourth-order valence-electron chi connectivity index (χ4n) is 3.11. The van der Waals surface area contributed by atoms with Gasteiger partial charge in [0.15, 0.2) is 5.78 Å². The first-order valence-corrected chi connectivity index (χ1v) is 8.09. The van der Waals surface area contributed by atoms with Crippen molar-refractivity contribution in [1.29, 1.82) is 0 Å². The van der Waals surface area contributed by atoms with Crippen LogP contribution in [0, 0.1) is 23.6 Å². The molecule has 0 N–H and O–H groups in total. The summed E-state index contributed by atoms with van der Waals surface area (Å²) >= 11 is 1.43. The number of halogens is 1. The van der Waals surface area contributed by atoms with E-state index in [4.69, 9.17) is 0 Å². The summed E-state index contributed by atoms with van der Waals surface area (Å²) in [5.41, 5.74) is 0. The summed E-state index contributed by atoms with van der Waals surface area (Å²) in [7, 11) is 0. The number of fused-ring (bicyclic) bond motifs is 1. The molecular formula is C17H19FOS. The van der Waals surface area contributed by atoms with Gasteiger partial charge in [0.25, 0.3) is 0 Å². The summed E-state index contributed by atoms with van der Waals surface area (Å²) in [6, 6.07) is 6.64. The van der Waals surface area contributed by atoms with Gasteiger partial charge < -0.3 is 0 Å². The maximum Gasteiger partial charge on any atom is 0.175 e. The van der Waals surface area contributed by atoms with Gasteiger partial charge in [-0.2, -0.15) is 0 Å². The van der Waals surface area contributed by atoms with Crippen LogP contribution in [0.2, 0.25) is 0 Å². The van der Waals surface area contributed by atoms with Crippen LogP contribution < -0.4 is 0 Å². The molecule has 0 saturated heterocycles. The summed E-state index contributed by atoms with van der Waals surface area (Å²) < 4.78 is 14.1. The Morgan fingerprint density at radius 2 is 2.00 bits per heavy atom. The molecule has 2 aromatic rings. The van der Waals surface area contributed by atoms with Gasteiger partial charge in [0.1, 0.15) is 5.82 Å². The van der Waals surface area contributed by atoms with Crippen LogP contribution in [0.4, 0.5) is 4.39 Å². The molecule has 0 amide bonds. The second kappa shape index (κ2) is 5.28. The molecule has 1 aromatic carbocycles. The van der Waals surface area contributed by atoms with Crippen molar-refractivity contribution in [3.8, 4) is 0 Å². The molecule has 0 bridgehead atoms. The summed E-state index contributed by atoms with van der Waals surface area (Å²) in [6.45, 7) is 4.51. The van der Waals surface area contributed by atoms with E-state index in [1.807, 2.05) is 6.07 Å². The lowest BCUT2D eigenvalue weighted by Crippen LogP contribution is -2.26. The normalized spacial score (nSPS) is 26.9.